The number of aromatic amines is 1. The van der Waals surface area contributed by atoms with Gasteiger partial charge in [0.1, 0.15) is 5.69 Å². The van der Waals surface area contributed by atoms with Gasteiger partial charge < -0.3 is 9.72 Å². The average Bonchev–Trinajstić information content (AvgIpc) is 2.16. The Kier molecular flexibility index (Phi) is 3.62. The van der Waals surface area contributed by atoms with Crippen molar-refractivity contribution in [3.63, 3.8) is 0 Å². The van der Waals surface area contributed by atoms with Crippen molar-refractivity contribution < 1.29 is 13.5 Å². The minimum absolute atomic E-state index is 0.311. The molecule has 0 aliphatic heterocycles. The lowest BCUT2D eigenvalue weighted by Crippen LogP contribution is -2.11. The summed E-state index contributed by atoms with van der Waals surface area (Å²) in [4.78, 5) is 13.7. The number of pyridine rings is 1. The van der Waals surface area contributed by atoms with E-state index in [2.05, 4.69) is 25.7 Å². The predicted octanol–water partition coefficient (Wildman–Crippen LogP) is 2.22. The van der Waals surface area contributed by atoms with E-state index in [4.69, 9.17) is 0 Å². The lowest BCUT2D eigenvalue weighted by atomic mass is 10.3. The molecule has 0 amide bonds. The van der Waals surface area contributed by atoms with Crippen molar-refractivity contribution in [3.8, 4) is 5.75 Å². The number of nitrogens with one attached hydrogen (secondary N) is 1. The molecule has 1 aromatic rings. The van der Waals surface area contributed by atoms with E-state index in [1.807, 2.05) is 0 Å². The molecule has 0 saturated heterocycles. The topological polar surface area (TPSA) is 42.1 Å². The molecule has 1 heterocycles. The van der Waals surface area contributed by atoms with Crippen LogP contribution in [0.5, 0.6) is 5.75 Å². The number of H-pyrrole nitrogens is 1. The summed E-state index contributed by atoms with van der Waals surface area (Å²) >= 11 is 3.07. The molecule has 0 radical (unpaired) electrons. The molecule has 0 spiro atoms. The molecule has 0 aliphatic carbocycles. The van der Waals surface area contributed by atoms with Crippen LogP contribution in [0.15, 0.2) is 10.9 Å². The Morgan fingerprint density at radius 3 is 2.71 bits per heavy atom. The SMILES string of the molecule is COc1c(C(F)F)[nH]c(CBr)cc1=O. The molecule has 1 aromatic heterocycles. The lowest BCUT2D eigenvalue weighted by Gasteiger charge is -2.08. The second-order valence-electron chi connectivity index (χ2n) is 2.54. The predicted molar refractivity (Wildman–Crippen MR) is 51.2 cm³/mol. The molecule has 0 atom stereocenters. The van der Waals surface area contributed by atoms with E-state index in [9.17, 15) is 13.6 Å². The van der Waals surface area contributed by atoms with Gasteiger partial charge in [-0.1, -0.05) is 15.9 Å². The highest BCUT2D eigenvalue weighted by molar-refractivity contribution is 9.08. The van der Waals surface area contributed by atoms with Crippen LogP contribution in [0.3, 0.4) is 0 Å². The first-order valence-electron chi connectivity index (χ1n) is 3.74. The summed E-state index contributed by atoms with van der Waals surface area (Å²) < 4.78 is 29.5. The normalized spacial score (nSPS) is 10.6. The summed E-state index contributed by atoms with van der Waals surface area (Å²) in [6.45, 7) is 0. The maximum absolute atomic E-state index is 12.4. The highest BCUT2D eigenvalue weighted by Crippen LogP contribution is 2.24. The van der Waals surface area contributed by atoms with Crippen LogP contribution in [-0.4, -0.2) is 12.1 Å². The highest BCUT2D eigenvalue weighted by Gasteiger charge is 2.18. The molecule has 1 N–H and O–H groups in total. The van der Waals surface area contributed by atoms with Crippen molar-refractivity contribution in [2.75, 3.05) is 7.11 Å². The third-order valence-electron chi connectivity index (χ3n) is 1.64. The number of alkyl halides is 3. The number of rotatable bonds is 3. The number of halogens is 3. The van der Waals surface area contributed by atoms with Gasteiger partial charge in [-0.2, -0.15) is 0 Å². The van der Waals surface area contributed by atoms with Crippen molar-refractivity contribution in [2.24, 2.45) is 0 Å². The molecule has 0 aromatic carbocycles. The smallest absolute Gasteiger partial charge is 0.282 e. The van der Waals surface area contributed by atoms with Crippen molar-refractivity contribution in [2.45, 2.75) is 11.8 Å². The van der Waals surface area contributed by atoms with Gasteiger partial charge >= 0.3 is 0 Å². The zero-order chi connectivity index (χ0) is 10.7. The summed E-state index contributed by atoms with van der Waals surface area (Å²) in [7, 11) is 1.18. The third-order valence-corrected chi connectivity index (χ3v) is 2.24. The van der Waals surface area contributed by atoms with Crippen molar-refractivity contribution in [1.82, 2.24) is 4.98 Å². The van der Waals surface area contributed by atoms with Crippen LogP contribution in [-0.2, 0) is 5.33 Å². The first-order chi connectivity index (χ1) is 6.60. The van der Waals surface area contributed by atoms with Gasteiger partial charge in [-0.15, -0.1) is 0 Å². The summed E-state index contributed by atoms with van der Waals surface area (Å²) in [5.74, 6) is -0.329. The monoisotopic (exact) mass is 267 g/mol. The minimum atomic E-state index is -2.75. The van der Waals surface area contributed by atoms with E-state index in [1.165, 1.54) is 13.2 Å². The van der Waals surface area contributed by atoms with Crippen LogP contribution >= 0.6 is 15.9 Å². The lowest BCUT2D eigenvalue weighted by molar-refractivity contribution is 0.141. The van der Waals surface area contributed by atoms with Gasteiger partial charge in [-0.05, 0) is 0 Å². The van der Waals surface area contributed by atoms with Crippen molar-refractivity contribution in [3.05, 3.63) is 27.7 Å². The van der Waals surface area contributed by atoms with Gasteiger partial charge in [0, 0.05) is 17.1 Å². The van der Waals surface area contributed by atoms with E-state index in [0.717, 1.165) is 0 Å². The summed E-state index contributed by atoms with van der Waals surface area (Å²) in [6.07, 6.45) is -2.75. The molecule has 0 saturated carbocycles. The summed E-state index contributed by atoms with van der Waals surface area (Å²) in [5.41, 5.74) is -0.628. The average molecular weight is 268 g/mol. The maximum atomic E-state index is 12.4. The molecule has 78 valence electrons. The van der Waals surface area contributed by atoms with Crippen LogP contribution < -0.4 is 10.2 Å². The molecular formula is C8H8BrF2NO2. The Hall–Kier alpha value is -0.910. The Labute approximate surface area is 87.2 Å². The first-order valence-corrected chi connectivity index (χ1v) is 4.86. The number of hydrogen-bond acceptors (Lipinski definition) is 2. The fourth-order valence-corrected chi connectivity index (χ4v) is 1.36. The van der Waals surface area contributed by atoms with Gasteiger partial charge in [-0.25, -0.2) is 8.78 Å². The zero-order valence-corrected chi connectivity index (χ0v) is 8.90. The maximum Gasteiger partial charge on any atom is 0.282 e. The molecule has 0 aliphatic rings. The third kappa shape index (κ3) is 2.12. The molecule has 1 rings (SSSR count). The van der Waals surface area contributed by atoms with Crippen LogP contribution in [0.2, 0.25) is 0 Å². The molecule has 0 unspecified atom stereocenters. The van der Waals surface area contributed by atoms with Gasteiger partial charge in [-0.3, -0.25) is 4.79 Å². The highest BCUT2D eigenvalue weighted by atomic mass is 79.9. The Bertz CT molecular complexity index is 378. The van der Waals surface area contributed by atoms with Gasteiger partial charge in [0.25, 0.3) is 6.43 Å². The first kappa shape index (κ1) is 11.2. The Balaban J connectivity index is 3.36. The van der Waals surface area contributed by atoms with E-state index in [1.54, 1.807) is 0 Å². The Morgan fingerprint density at radius 2 is 2.29 bits per heavy atom. The van der Waals surface area contributed by atoms with Crippen LogP contribution in [0.1, 0.15) is 17.8 Å². The fourth-order valence-electron chi connectivity index (χ4n) is 1.06. The molecule has 0 fully saturated rings. The minimum Gasteiger partial charge on any atom is -0.491 e. The number of aromatic nitrogens is 1. The molecule has 6 heteroatoms. The largest absolute Gasteiger partial charge is 0.491 e. The second kappa shape index (κ2) is 4.54. The van der Waals surface area contributed by atoms with Gasteiger partial charge in [0.15, 0.2) is 5.75 Å². The fraction of sp³-hybridized carbons (Fsp3) is 0.375. The molecule has 3 nitrogen and oxygen atoms in total. The molecule has 14 heavy (non-hydrogen) atoms. The van der Waals surface area contributed by atoms with Crippen LogP contribution in [0.4, 0.5) is 8.78 Å². The molecular weight excluding hydrogens is 260 g/mol. The summed E-state index contributed by atoms with van der Waals surface area (Å²) in [6, 6.07) is 1.22. The van der Waals surface area contributed by atoms with Crippen molar-refractivity contribution >= 4 is 15.9 Å². The van der Waals surface area contributed by atoms with Crippen LogP contribution in [0.25, 0.3) is 0 Å². The Morgan fingerprint density at radius 1 is 1.64 bits per heavy atom. The van der Waals surface area contributed by atoms with Crippen molar-refractivity contribution in [1.29, 1.82) is 0 Å². The van der Waals surface area contributed by atoms with E-state index >= 15 is 0 Å². The van der Waals surface area contributed by atoms with Crippen LogP contribution in [0, 0.1) is 0 Å². The number of methoxy groups -OCH3 is 1. The number of ether oxygens (including phenoxy) is 1. The standard InChI is InChI=1S/C8H8BrF2NO2/c1-14-7-5(13)2-4(3-9)12-6(7)8(10)11/h2,8H,3H2,1H3,(H,12,13). The number of hydrogen-bond donors (Lipinski definition) is 1. The van der Waals surface area contributed by atoms with E-state index in [0.29, 0.717) is 11.0 Å². The van der Waals surface area contributed by atoms with E-state index < -0.39 is 17.5 Å². The zero-order valence-electron chi connectivity index (χ0n) is 7.31. The summed E-state index contributed by atoms with van der Waals surface area (Å²) in [5, 5.41) is 0.311. The van der Waals surface area contributed by atoms with E-state index in [-0.39, 0.29) is 5.75 Å². The molecule has 0 bridgehead atoms. The van der Waals surface area contributed by atoms with Gasteiger partial charge in [0.05, 0.1) is 7.11 Å². The second-order valence-corrected chi connectivity index (χ2v) is 3.10. The van der Waals surface area contributed by atoms with Gasteiger partial charge in [0.2, 0.25) is 5.43 Å². The quantitative estimate of drug-likeness (QED) is 0.854.